The molecule has 1 heterocycles. The minimum atomic E-state index is -1.20. The fraction of sp³-hybridized carbons (Fsp3) is 0.150. The highest BCUT2D eigenvalue weighted by atomic mass is 32.2. The number of halogens is 2. The molecule has 1 unspecified atom stereocenters. The number of nitriles is 1. The molecular formula is C20H16F2N4OS. The molecular weight excluding hydrogens is 382 g/mol. The fourth-order valence-electron chi connectivity index (χ4n) is 2.66. The van der Waals surface area contributed by atoms with Gasteiger partial charge < -0.3 is 5.32 Å². The lowest BCUT2D eigenvalue weighted by molar-refractivity contribution is -0.118. The molecule has 0 aliphatic carbocycles. The number of para-hydroxylation sites is 1. The number of hydrogen-bond donors (Lipinski definition) is 1. The zero-order chi connectivity index (χ0) is 20.1. The smallest absolute Gasteiger partial charge is 0.231 e. The quantitative estimate of drug-likeness (QED) is 0.639. The lowest BCUT2D eigenvalue weighted by Gasteiger charge is -2.13. The average Bonchev–Trinajstić information content (AvgIpc) is 3.13. The zero-order valence-corrected chi connectivity index (χ0v) is 15.7. The van der Waals surface area contributed by atoms with Crippen LogP contribution in [-0.2, 0) is 4.79 Å². The van der Waals surface area contributed by atoms with E-state index < -0.39 is 23.6 Å². The maximum absolute atomic E-state index is 13.9. The van der Waals surface area contributed by atoms with E-state index in [1.54, 1.807) is 12.4 Å². The van der Waals surface area contributed by atoms with Crippen molar-refractivity contribution in [2.45, 2.75) is 18.1 Å². The summed E-state index contributed by atoms with van der Waals surface area (Å²) in [5.74, 6) is -2.10. The Balaban J connectivity index is 1.67. The standard InChI is InChI=1S/C20H16F2N4OS/c1-13-4-2-3-5-18(13)26-9-8-24-20(26)28-12-19(27)25-17(11-23)15-7-6-14(21)10-16(15)22/h2-10,17H,12H2,1H3,(H,25,27). The Morgan fingerprint density at radius 1 is 1.32 bits per heavy atom. The van der Waals surface area contributed by atoms with Crippen LogP contribution in [0.4, 0.5) is 8.78 Å². The molecule has 2 aromatic carbocycles. The summed E-state index contributed by atoms with van der Waals surface area (Å²) in [6, 6.07) is 11.3. The third-order valence-corrected chi connectivity index (χ3v) is 4.99. The Kier molecular flexibility index (Phi) is 6.06. The van der Waals surface area contributed by atoms with Crippen molar-refractivity contribution < 1.29 is 13.6 Å². The molecule has 1 N–H and O–H groups in total. The number of thioether (sulfide) groups is 1. The van der Waals surface area contributed by atoms with Crippen LogP contribution < -0.4 is 5.32 Å². The van der Waals surface area contributed by atoms with Crippen molar-refractivity contribution in [1.29, 1.82) is 5.26 Å². The van der Waals surface area contributed by atoms with Gasteiger partial charge in [-0.3, -0.25) is 9.36 Å². The van der Waals surface area contributed by atoms with Gasteiger partial charge in [-0.25, -0.2) is 13.8 Å². The van der Waals surface area contributed by atoms with Crippen molar-refractivity contribution in [2.24, 2.45) is 0 Å². The number of imidazole rings is 1. The Morgan fingerprint density at radius 3 is 2.82 bits per heavy atom. The van der Waals surface area contributed by atoms with Crippen LogP contribution in [-0.4, -0.2) is 21.2 Å². The van der Waals surface area contributed by atoms with Crippen molar-refractivity contribution in [1.82, 2.24) is 14.9 Å². The summed E-state index contributed by atoms with van der Waals surface area (Å²) in [5.41, 5.74) is 1.93. The molecule has 28 heavy (non-hydrogen) atoms. The van der Waals surface area contributed by atoms with Gasteiger partial charge in [0.15, 0.2) is 5.16 Å². The van der Waals surface area contributed by atoms with Crippen molar-refractivity contribution in [3.63, 3.8) is 0 Å². The molecule has 0 bridgehead atoms. The molecule has 0 spiro atoms. The van der Waals surface area contributed by atoms with Crippen LogP contribution in [0.2, 0.25) is 0 Å². The number of carbonyl (C=O) groups excluding carboxylic acids is 1. The number of carbonyl (C=O) groups is 1. The van der Waals surface area contributed by atoms with Crippen LogP contribution in [0, 0.1) is 29.9 Å². The lowest BCUT2D eigenvalue weighted by atomic mass is 10.1. The van der Waals surface area contributed by atoms with Crippen molar-refractivity contribution in [2.75, 3.05) is 5.75 Å². The summed E-state index contributed by atoms with van der Waals surface area (Å²) in [6.07, 6.45) is 3.44. The number of nitrogens with one attached hydrogen (secondary N) is 1. The topological polar surface area (TPSA) is 70.7 Å². The van der Waals surface area contributed by atoms with Gasteiger partial charge in [0, 0.05) is 24.0 Å². The van der Waals surface area contributed by atoms with E-state index in [0.29, 0.717) is 11.2 Å². The highest BCUT2D eigenvalue weighted by Gasteiger charge is 2.19. The van der Waals surface area contributed by atoms with E-state index in [0.717, 1.165) is 23.4 Å². The first-order chi connectivity index (χ1) is 13.5. The highest BCUT2D eigenvalue weighted by Crippen LogP contribution is 2.23. The van der Waals surface area contributed by atoms with Crippen LogP contribution in [0.3, 0.4) is 0 Å². The van der Waals surface area contributed by atoms with Crippen LogP contribution >= 0.6 is 11.8 Å². The van der Waals surface area contributed by atoms with E-state index in [9.17, 15) is 18.8 Å². The predicted molar refractivity (Wildman–Crippen MR) is 102 cm³/mol. The maximum atomic E-state index is 13.9. The molecule has 0 radical (unpaired) electrons. The van der Waals surface area contributed by atoms with Crippen LogP contribution in [0.5, 0.6) is 0 Å². The monoisotopic (exact) mass is 398 g/mol. The number of hydrogen-bond acceptors (Lipinski definition) is 4. The highest BCUT2D eigenvalue weighted by molar-refractivity contribution is 7.99. The van der Waals surface area contributed by atoms with Crippen molar-refractivity contribution in [3.8, 4) is 11.8 Å². The molecule has 1 aromatic heterocycles. The first kappa shape index (κ1) is 19.6. The van der Waals surface area contributed by atoms with Gasteiger partial charge in [0.05, 0.1) is 17.5 Å². The third-order valence-electron chi connectivity index (χ3n) is 4.02. The Hall–Kier alpha value is -3.18. The van der Waals surface area contributed by atoms with Crippen LogP contribution in [0.15, 0.2) is 60.0 Å². The molecule has 0 fully saturated rings. The second-order valence-corrected chi connectivity index (χ2v) is 6.89. The molecule has 142 valence electrons. The van der Waals surface area contributed by atoms with E-state index in [-0.39, 0.29) is 11.3 Å². The normalized spacial score (nSPS) is 11.6. The number of rotatable bonds is 6. The number of aryl methyl sites for hydroxylation is 1. The summed E-state index contributed by atoms with van der Waals surface area (Å²) in [6.45, 7) is 1.98. The lowest BCUT2D eigenvalue weighted by Crippen LogP contribution is -2.29. The van der Waals surface area contributed by atoms with Gasteiger partial charge in [-0.2, -0.15) is 5.26 Å². The third kappa shape index (κ3) is 4.38. The van der Waals surface area contributed by atoms with E-state index in [4.69, 9.17) is 0 Å². The van der Waals surface area contributed by atoms with Gasteiger partial charge in [0.1, 0.15) is 17.7 Å². The molecule has 3 aromatic rings. The molecule has 1 atom stereocenters. The van der Waals surface area contributed by atoms with E-state index in [1.807, 2.05) is 41.8 Å². The van der Waals surface area contributed by atoms with Gasteiger partial charge in [-0.1, -0.05) is 36.0 Å². The minimum Gasteiger partial charge on any atom is -0.336 e. The van der Waals surface area contributed by atoms with Gasteiger partial charge in [0.2, 0.25) is 5.91 Å². The van der Waals surface area contributed by atoms with Gasteiger partial charge in [-0.15, -0.1) is 0 Å². The second-order valence-electron chi connectivity index (χ2n) is 5.95. The molecule has 0 saturated heterocycles. The van der Waals surface area contributed by atoms with Crippen molar-refractivity contribution >= 4 is 17.7 Å². The first-order valence-corrected chi connectivity index (χ1v) is 9.34. The van der Waals surface area contributed by atoms with E-state index >= 15 is 0 Å². The molecule has 1 amide bonds. The van der Waals surface area contributed by atoms with Crippen molar-refractivity contribution in [3.05, 3.63) is 77.6 Å². The van der Waals surface area contributed by atoms with E-state index in [2.05, 4.69) is 10.3 Å². The second kappa shape index (κ2) is 8.67. The van der Waals surface area contributed by atoms with Crippen LogP contribution in [0.25, 0.3) is 5.69 Å². The minimum absolute atomic E-state index is 0.0100. The predicted octanol–water partition coefficient (Wildman–Crippen LogP) is 3.93. The molecule has 8 heteroatoms. The molecule has 0 aliphatic heterocycles. The van der Waals surface area contributed by atoms with Gasteiger partial charge in [-0.05, 0) is 24.6 Å². The zero-order valence-electron chi connectivity index (χ0n) is 14.9. The molecule has 0 saturated carbocycles. The summed E-state index contributed by atoms with van der Waals surface area (Å²) in [5, 5.41) is 12.3. The number of aromatic nitrogens is 2. The number of benzene rings is 2. The molecule has 3 rings (SSSR count). The summed E-state index contributed by atoms with van der Waals surface area (Å²) in [4.78, 5) is 16.5. The summed E-state index contributed by atoms with van der Waals surface area (Å²) in [7, 11) is 0. The average molecular weight is 398 g/mol. The Morgan fingerprint density at radius 2 is 2.11 bits per heavy atom. The Labute approximate surface area is 165 Å². The van der Waals surface area contributed by atoms with Gasteiger partial charge in [0.25, 0.3) is 0 Å². The largest absolute Gasteiger partial charge is 0.336 e. The molecule has 5 nitrogen and oxygen atoms in total. The first-order valence-electron chi connectivity index (χ1n) is 8.35. The summed E-state index contributed by atoms with van der Waals surface area (Å²) < 4.78 is 28.8. The maximum Gasteiger partial charge on any atom is 0.231 e. The Bertz CT molecular complexity index is 1040. The summed E-state index contributed by atoms with van der Waals surface area (Å²) >= 11 is 1.20. The molecule has 0 aliphatic rings. The van der Waals surface area contributed by atoms with E-state index in [1.165, 1.54) is 11.8 Å². The SMILES string of the molecule is Cc1ccccc1-n1ccnc1SCC(=O)NC(C#N)c1ccc(F)cc1F. The number of amides is 1. The number of nitrogens with zero attached hydrogens (tertiary/aromatic N) is 3. The van der Waals surface area contributed by atoms with Gasteiger partial charge >= 0.3 is 0 Å². The fourth-order valence-corrected chi connectivity index (χ4v) is 3.44. The van der Waals surface area contributed by atoms with Crippen LogP contribution in [0.1, 0.15) is 17.2 Å².